The van der Waals surface area contributed by atoms with E-state index in [2.05, 4.69) is 20.8 Å². The van der Waals surface area contributed by atoms with Crippen molar-refractivity contribution in [1.82, 2.24) is 0 Å². The molecule has 0 heterocycles. The van der Waals surface area contributed by atoms with Gasteiger partial charge >= 0.3 is 0 Å². The van der Waals surface area contributed by atoms with Crippen LogP contribution in [0.15, 0.2) is 0 Å². The van der Waals surface area contributed by atoms with Gasteiger partial charge in [-0.2, -0.15) is 0 Å². The Balaban J connectivity index is 1.44. The van der Waals surface area contributed by atoms with Crippen LogP contribution in [0.2, 0.25) is 0 Å². The van der Waals surface area contributed by atoms with E-state index in [0.29, 0.717) is 10.8 Å². The second-order valence-corrected chi connectivity index (χ2v) is 13.0. The Morgan fingerprint density at radius 3 is 2.34 bits per heavy atom. The molecule has 4 saturated carbocycles. The standard InChI is InChI=1S/C27H48O2/c1-18(7-6-14-25(2,3)29)22-10-11-23-21-9-8-19-17-20(28)12-15-26(19,4)24(21)13-16-27(22,23)5/h18-24,28-29H,6-17H2,1-5H3/t18-,19?,20+,21-,22-,23+,24+,26-,27-/m1/s1. The van der Waals surface area contributed by atoms with Crippen molar-refractivity contribution in [3.8, 4) is 0 Å². The van der Waals surface area contributed by atoms with Crippen LogP contribution in [-0.4, -0.2) is 21.9 Å². The van der Waals surface area contributed by atoms with Gasteiger partial charge in [0.2, 0.25) is 0 Å². The molecule has 2 heteroatoms. The highest BCUT2D eigenvalue weighted by molar-refractivity contribution is 5.09. The van der Waals surface area contributed by atoms with E-state index in [4.69, 9.17) is 0 Å². The average molecular weight is 405 g/mol. The molecule has 0 saturated heterocycles. The second-order valence-electron chi connectivity index (χ2n) is 13.0. The summed E-state index contributed by atoms with van der Waals surface area (Å²) in [5.41, 5.74) is 0.536. The van der Waals surface area contributed by atoms with E-state index in [9.17, 15) is 10.2 Å². The van der Waals surface area contributed by atoms with E-state index in [1.807, 2.05) is 13.8 Å². The molecule has 0 bridgehead atoms. The zero-order valence-electron chi connectivity index (χ0n) is 19.9. The SMILES string of the molecule is C[C@H](CCCC(C)(C)O)[C@H]1CC[C@H]2[C@H]3CCC4C[C@@H](O)CC[C@@]4(C)[C@H]3CC[C@]12C. The van der Waals surface area contributed by atoms with Gasteiger partial charge in [0.05, 0.1) is 11.7 Å². The molecule has 4 aliphatic carbocycles. The molecule has 0 aromatic rings. The quantitative estimate of drug-likeness (QED) is 0.543. The number of aliphatic hydroxyl groups excluding tert-OH is 1. The van der Waals surface area contributed by atoms with Crippen LogP contribution in [0, 0.1) is 46.3 Å². The zero-order valence-corrected chi connectivity index (χ0v) is 19.9. The van der Waals surface area contributed by atoms with Crippen LogP contribution in [0.25, 0.3) is 0 Å². The third kappa shape index (κ3) is 3.95. The first kappa shape index (κ1) is 22.1. The van der Waals surface area contributed by atoms with Gasteiger partial charge in [0.15, 0.2) is 0 Å². The Kier molecular flexibility index (Phi) is 5.95. The second kappa shape index (κ2) is 7.80. The van der Waals surface area contributed by atoms with E-state index in [1.165, 1.54) is 51.4 Å². The van der Waals surface area contributed by atoms with Crippen molar-refractivity contribution in [2.24, 2.45) is 46.3 Å². The molecule has 2 N–H and O–H groups in total. The highest BCUT2D eigenvalue weighted by Crippen LogP contribution is 2.68. The first-order valence-electron chi connectivity index (χ1n) is 12.9. The van der Waals surface area contributed by atoms with Crippen LogP contribution in [0.3, 0.4) is 0 Å². The maximum atomic E-state index is 10.3. The normalized spacial score (nSPS) is 48.5. The summed E-state index contributed by atoms with van der Waals surface area (Å²) in [6.07, 6.45) is 15.3. The molecule has 0 radical (unpaired) electrons. The summed E-state index contributed by atoms with van der Waals surface area (Å²) in [5, 5.41) is 20.3. The first-order chi connectivity index (χ1) is 13.5. The molecule has 0 aliphatic heterocycles. The molecule has 29 heavy (non-hydrogen) atoms. The molecule has 0 spiro atoms. The first-order valence-corrected chi connectivity index (χ1v) is 12.9. The summed E-state index contributed by atoms with van der Waals surface area (Å²) in [6, 6.07) is 0. The number of fused-ring (bicyclic) bond motifs is 5. The summed E-state index contributed by atoms with van der Waals surface area (Å²) >= 11 is 0. The number of hydrogen-bond donors (Lipinski definition) is 2. The van der Waals surface area contributed by atoms with Gasteiger partial charge in [0, 0.05) is 0 Å². The maximum absolute atomic E-state index is 10.3. The molecule has 9 atom stereocenters. The van der Waals surface area contributed by atoms with Gasteiger partial charge in [0.25, 0.3) is 0 Å². The van der Waals surface area contributed by atoms with Crippen molar-refractivity contribution in [3.63, 3.8) is 0 Å². The van der Waals surface area contributed by atoms with Crippen LogP contribution < -0.4 is 0 Å². The Bertz CT molecular complexity index is 580. The Morgan fingerprint density at radius 2 is 1.62 bits per heavy atom. The Morgan fingerprint density at radius 1 is 0.931 bits per heavy atom. The summed E-state index contributed by atoms with van der Waals surface area (Å²) in [4.78, 5) is 0. The Hall–Kier alpha value is -0.0800. The van der Waals surface area contributed by atoms with Crippen molar-refractivity contribution < 1.29 is 10.2 Å². The summed E-state index contributed by atoms with van der Waals surface area (Å²) in [5.74, 6) is 5.24. The van der Waals surface area contributed by atoms with E-state index in [0.717, 1.165) is 61.2 Å². The highest BCUT2D eigenvalue weighted by Gasteiger charge is 2.60. The van der Waals surface area contributed by atoms with Crippen molar-refractivity contribution in [1.29, 1.82) is 0 Å². The minimum absolute atomic E-state index is 0.0286. The minimum atomic E-state index is -0.512. The molecule has 4 aliphatic rings. The van der Waals surface area contributed by atoms with Crippen molar-refractivity contribution in [2.75, 3.05) is 0 Å². The van der Waals surface area contributed by atoms with Crippen LogP contribution in [0.4, 0.5) is 0 Å². The molecule has 4 rings (SSSR count). The minimum Gasteiger partial charge on any atom is -0.393 e. The monoisotopic (exact) mass is 404 g/mol. The fraction of sp³-hybridized carbons (Fsp3) is 1.00. The van der Waals surface area contributed by atoms with Crippen molar-refractivity contribution in [2.45, 2.75) is 123 Å². The lowest BCUT2D eigenvalue weighted by Gasteiger charge is -2.61. The van der Waals surface area contributed by atoms with Crippen LogP contribution >= 0.6 is 0 Å². The molecule has 2 nitrogen and oxygen atoms in total. The molecule has 1 unspecified atom stereocenters. The summed E-state index contributed by atoms with van der Waals surface area (Å²) < 4.78 is 0. The predicted octanol–water partition coefficient (Wildman–Crippen LogP) is 6.58. The van der Waals surface area contributed by atoms with Crippen LogP contribution in [0.1, 0.15) is 112 Å². The van der Waals surface area contributed by atoms with E-state index in [1.54, 1.807) is 0 Å². The third-order valence-corrected chi connectivity index (χ3v) is 10.8. The molecule has 0 aromatic heterocycles. The summed E-state index contributed by atoms with van der Waals surface area (Å²) in [6.45, 7) is 11.7. The lowest BCUT2D eigenvalue weighted by atomic mass is 9.44. The fourth-order valence-electron chi connectivity index (χ4n) is 9.27. The van der Waals surface area contributed by atoms with E-state index < -0.39 is 5.60 Å². The lowest BCUT2D eigenvalue weighted by Crippen LogP contribution is -2.54. The van der Waals surface area contributed by atoms with Gasteiger partial charge in [0.1, 0.15) is 0 Å². The van der Waals surface area contributed by atoms with E-state index in [-0.39, 0.29) is 6.10 Å². The van der Waals surface area contributed by atoms with Gasteiger partial charge in [-0.05, 0) is 124 Å². The molecular weight excluding hydrogens is 356 g/mol. The lowest BCUT2D eigenvalue weighted by molar-refractivity contribution is -0.129. The third-order valence-electron chi connectivity index (χ3n) is 10.8. The number of rotatable bonds is 5. The van der Waals surface area contributed by atoms with Gasteiger partial charge in [-0.15, -0.1) is 0 Å². The summed E-state index contributed by atoms with van der Waals surface area (Å²) in [7, 11) is 0. The van der Waals surface area contributed by atoms with Gasteiger partial charge in [-0.3, -0.25) is 0 Å². The predicted molar refractivity (Wildman–Crippen MR) is 121 cm³/mol. The van der Waals surface area contributed by atoms with E-state index >= 15 is 0 Å². The van der Waals surface area contributed by atoms with Gasteiger partial charge < -0.3 is 10.2 Å². The van der Waals surface area contributed by atoms with Crippen LogP contribution in [-0.2, 0) is 0 Å². The number of aliphatic hydroxyl groups is 2. The van der Waals surface area contributed by atoms with Crippen molar-refractivity contribution in [3.05, 3.63) is 0 Å². The highest BCUT2D eigenvalue weighted by atomic mass is 16.3. The van der Waals surface area contributed by atoms with Crippen LogP contribution in [0.5, 0.6) is 0 Å². The fourth-order valence-corrected chi connectivity index (χ4v) is 9.27. The number of hydrogen-bond acceptors (Lipinski definition) is 2. The smallest absolute Gasteiger partial charge is 0.0591 e. The average Bonchev–Trinajstić information content (AvgIpc) is 2.98. The molecule has 0 amide bonds. The molecule has 168 valence electrons. The van der Waals surface area contributed by atoms with Gasteiger partial charge in [-0.1, -0.05) is 33.6 Å². The Labute approximate surface area is 180 Å². The largest absolute Gasteiger partial charge is 0.393 e. The zero-order chi connectivity index (χ0) is 21.0. The molecule has 0 aromatic carbocycles. The topological polar surface area (TPSA) is 40.5 Å². The molecular formula is C27H48O2. The maximum Gasteiger partial charge on any atom is 0.0591 e. The molecule has 4 fully saturated rings. The van der Waals surface area contributed by atoms with Gasteiger partial charge in [-0.25, -0.2) is 0 Å². The van der Waals surface area contributed by atoms with Crippen molar-refractivity contribution >= 4 is 0 Å².